The molecule has 0 radical (unpaired) electrons. The average Bonchev–Trinajstić information content (AvgIpc) is 2.89. The molecule has 1 amide bonds. The zero-order valence-electron chi connectivity index (χ0n) is 10.4. The van der Waals surface area contributed by atoms with Crippen LogP contribution in [0.4, 0.5) is 5.69 Å². The van der Waals surface area contributed by atoms with Gasteiger partial charge in [0.25, 0.3) is 0 Å². The van der Waals surface area contributed by atoms with Crippen LogP contribution in [0.25, 0.3) is 0 Å². The lowest BCUT2D eigenvalue weighted by Crippen LogP contribution is -2.39. The molecule has 2 atom stereocenters. The fraction of sp³-hybridized carbons (Fsp3) is 0.385. The van der Waals surface area contributed by atoms with E-state index in [2.05, 4.69) is 10.6 Å². The summed E-state index contributed by atoms with van der Waals surface area (Å²) in [6.07, 6.45) is 0. The van der Waals surface area contributed by atoms with Crippen molar-refractivity contribution in [2.75, 3.05) is 25.6 Å². The summed E-state index contributed by atoms with van der Waals surface area (Å²) in [5, 5.41) is 15.1. The topological polar surface area (TPSA) is 74.2 Å². The van der Waals surface area contributed by atoms with Gasteiger partial charge in [-0.2, -0.15) is 5.26 Å². The molecule has 1 saturated heterocycles. The van der Waals surface area contributed by atoms with Crippen molar-refractivity contribution in [3.63, 3.8) is 0 Å². The molecule has 5 nitrogen and oxygen atoms in total. The van der Waals surface area contributed by atoms with Crippen molar-refractivity contribution in [1.29, 1.82) is 5.26 Å². The van der Waals surface area contributed by atoms with Crippen LogP contribution in [0.1, 0.15) is 5.56 Å². The molecule has 19 heavy (non-hydrogen) atoms. The molecule has 1 aromatic rings. The molecular formula is C13H14ClN3O2. The van der Waals surface area contributed by atoms with Gasteiger partial charge in [-0.3, -0.25) is 4.79 Å². The number of hydrogen-bond donors (Lipinski definition) is 2. The van der Waals surface area contributed by atoms with E-state index in [0.29, 0.717) is 29.5 Å². The number of halogens is 1. The van der Waals surface area contributed by atoms with Crippen molar-refractivity contribution in [2.45, 2.75) is 6.04 Å². The maximum absolute atomic E-state index is 12.1. The molecule has 1 aromatic carbocycles. The normalized spacial score (nSPS) is 21.9. The van der Waals surface area contributed by atoms with Crippen molar-refractivity contribution in [1.82, 2.24) is 5.32 Å². The van der Waals surface area contributed by atoms with E-state index in [1.165, 1.54) is 0 Å². The number of nitriles is 1. The summed E-state index contributed by atoms with van der Waals surface area (Å²) < 4.78 is 5.29. The van der Waals surface area contributed by atoms with Crippen LogP contribution in [-0.4, -0.2) is 32.2 Å². The zero-order chi connectivity index (χ0) is 13.8. The van der Waals surface area contributed by atoms with E-state index in [-0.39, 0.29) is 17.9 Å². The Labute approximate surface area is 116 Å². The first-order valence-corrected chi connectivity index (χ1v) is 6.29. The number of carbonyl (C=O) groups is 1. The molecule has 6 heteroatoms. The van der Waals surface area contributed by atoms with Crippen molar-refractivity contribution in [2.24, 2.45) is 5.92 Å². The van der Waals surface area contributed by atoms with E-state index < -0.39 is 0 Å². The Morgan fingerprint density at radius 1 is 1.53 bits per heavy atom. The Morgan fingerprint density at radius 2 is 2.32 bits per heavy atom. The first kappa shape index (κ1) is 13.8. The summed E-state index contributed by atoms with van der Waals surface area (Å²) in [4.78, 5) is 12.1. The predicted molar refractivity (Wildman–Crippen MR) is 72.0 cm³/mol. The third kappa shape index (κ3) is 3.04. The Hall–Kier alpha value is -1.61. The van der Waals surface area contributed by atoms with Crippen LogP contribution in [0, 0.1) is 17.2 Å². The molecule has 0 aliphatic carbocycles. The number of amides is 1. The molecule has 100 valence electrons. The number of ether oxygens (including phenoxy) is 1. The van der Waals surface area contributed by atoms with Gasteiger partial charge in [0.15, 0.2) is 0 Å². The number of benzene rings is 1. The molecule has 1 aliphatic heterocycles. The summed E-state index contributed by atoms with van der Waals surface area (Å²) in [7, 11) is 1.80. The van der Waals surface area contributed by atoms with Gasteiger partial charge in [0.05, 0.1) is 29.7 Å². The van der Waals surface area contributed by atoms with Gasteiger partial charge in [0.2, 0.25) is 5.91 Å². The highest BCUT2D eigenvalue weighted by Crippen LogP contribution is 2.21. The van der Waals surface area contributed by atoms with Crippen molar-refractivity contribution >= 4 is 23.2 Å². The lowest BCUT2D eigenvalue weighted by molar-refractivity contribution is -0.120. The highest BCUT2D eigenvalue weighted by Gasteiger charge is 2.32. The van der Waals surface area contributed by atoms with Gasteiger partial charge in [-0.1, -0.05) is 11.6 Å². The highest BCUT2D eigenvalue weighted by molar-refractivity contribution is 6.31. The number of nitrogens with zero attached hydrogens (tertiary/aromatic N) is 1. The molecule has 0 bridgehead atoms. The Balaban J connectivity index is 2.09. The van der Waals surface area contributed by atoms with Crippen LogP contribution < -0.4 is 10.6 Å². The molecule has 2 rings (SSSR count). The van der Waals surface area contributed by atoms with E-state index in [4.69, 9.17) is 21.6 Å². The number of likely N-dealkylation sites (N-methyl/N-ethyl adjacent to an activating group) is 1. The van der Waals surface area contributed by atoms with Crippen molar-refractivity contribution < 1.29 is 9.53 Å². The van der Waals surface area contributed by atoms with Crippen LogP contribution in [0.5, 0.6) is 0 Å². The van der Waals surface area contributed by atoms with Crippen molar-refractivity contribution in [3.8, 4) is 6.07 Å². The average molecular weight is 280 g/mol. The van der Waals surface area contributed by atoms with E-state index in [0.717, 1.165) is 0 Å². The van der Waals surface area contributed by atoms with E-state index in [1.807, 2.05) is 6.07 Å². The van der Waals surface area contributed by atoms with Gasteiger partial charge in [0.1, 0.15) is 6.07 Å². The smallest absolute Gasteiger partial charge is 0.231 e. The maximum Gasteiger partial charge on any atom is 0.231 e. The summed E-state index contributed by atoms with van der Waals surface area (Å²) in [6.45, 7) is 0.925. The molecule has 0 aromatic heterocycles. The molecule has 0 saturated carbocycles. The molecule has 1 fully saturated rings. The zero-order valence-corrected chi connectivity index (χ0v) is 11.2. The number of carbonyl (C=O) groups excluding carboxylic acids is 1. The van der Waals surface area contributed by atoms with E-state index in [9.17, 15) is 4.79 Å². The first-order valence-electron chi connectivity index (χ1n) is 5.91. The third-order valence-electron chi connectivity index (χ3n) is 3.14. The fourth-order valence-electron chi connectivity index (χ4n) is 2.02. The van der Waals surface area contributed by atoms with Gasteiger partial charge >= 0.3 is 0 Å². The Kier molecular flexibility index (Phi) is 4.38. The Morgan fingerprint density at radius 3 is 3.00 bits per heavy atom. The summed E-state index contributed by atoms with van der Waals surface area (Å²) in [5.41, 5.74) is 0.903. The summed E-state index contributed by atoms with van der Waals surface area (Å²) in [5.74, 6) is -0.353. The van der Waals surface area contributed by atoms with E-state index in [1.54, 1.807) is 25.2 Å². The van der Waals surface area contributed by atoms with Gasteiger partial charge in [-0.25, -0.2) is 0 Å². The quantitative estimate of drug-likeness (QED) is 0.877. The number of rotatable bonds is 3. The molecule has 0 spiro atoms. The van der Waals surface area contributed by atoms with Gasteiger partial charge < -0.3 is 15.4 Å². The predicted octanol–water partition coefficient (Wildman–Crippen LogP) is 1.38. The molecule has 2 unspecified atom stereocenters. The number of hydrogen-bond acceptors (Lipinski definition) is 4. The SMILES string of the molecule is CNC1COCC1C(=O)Nc1ccc(Cl)c(C#N)c1. The second kappa shape index (κ2) is 6.02. The molecule has 2 N–H and O–H groups in total. The second-order valence-electron chi connectivity index (χ2n) is 4.33. The van der Waals surface area contributed by atoms with Crippen molar-refractivity contribution in [3.05, 3.63) is 28.8 Å². The summed E-state index contributed by atoms with van der Waals surface area (Å²) in [6, 6.07) is 6.82. The first-order chi connectivity index (χ1) is 9.15. The van der Waals surface area contributed by atoms with E-state index >= 15 is 0 Å². The molecular weight excluding hydrogens is 266 g/mol. The fourth-order valence-corrected chi connectivity index (χ4v) is 2.18. The minimum Gasteiger partial charge on any atom is -0.379 e. The maximum atomic E-state index is 12.1. The lowest BCUT2D eigenvalue weighted by Gasteiger charge is -2.16. The largest absolute Gasteiger partial charge is 0.379 e. The minimum atomic E-state index is -0.230. The van der Waals surface area contributed by atoms with Gasteiger partial charge in [-0.15, -0.1) is 0 Å². The lowest BCUT2D eigenvalue weighted by atomic mass is 10.0. The van der Waals surface area contributed by atoms with Crippen LogP contribution in [-0.2, 0) is 9.53 Å². The standard InChI is InChI=1S/C13H14ClN3O2/c1-16-12-7-19-6-10(12)13(18)17-9-2-3-11(14)8(4-9)5-15/h2-4,10,12,16H,6-7H2,1H3,(H,17,18). The van der Waals surface area contributed by atoms with Crippen LogP contribution in [0.2, 0.25) is 5.02 Å². The number of nitrogens with one attached hydrogen (secondary N) is 2. The highest BCUT2D eigenvalue weighted by atomic mass is 35.5. The second-order valence-corrected chi connectivity index (χ2v) is 4.74. The van der Waals surface area contributed by atoms with Crippen LogP contribution in [0.3, 0.4) is 0 Å². The molecule has 1 heterocycles. The van der Waals surface area contributed by atoms with Crippen LogP contribution >= 0.6 is 11.6 Å². The third-order valence-corrected chi connectivity index (χ3v) is 3.47. The monoisotopic (exact) mass is 279 g/mol. The van der Waals surface area contributed by atoms with Gasteiger partial charge in [0, 0.05) is 11.7 Å². The molecule has 1 aliphatic rings. The minimum absolute atomic E-state index is 0.0164. The number of anilines is 1. The Bertz CT molecular complexity index is 527. The van der Waals surface area contributed by atoms with Crippen LogP contribution in [0.15, 0.2) is 18.2 Å². The summed E-state index contributed by atoms with van der Waals surface area (Å²) >= 11 is 5.84. The van der Waals surface area contributed by atoms with Gasteiger partial charge in [-0.05, 0) is 25.2 Å².